The van der Waals surface area contributed by atoms with Gasteiger partial charge in [0.25, 0.3) is 0 Å². The van der Waals surface area contributed by atoms with Crippen LogP contribution in [0, 0.1) is 20.8 Å². The molecule has 1 aromatic heterocycles. The average Bonchev–Trinajstić information content (AvgIpc) is 3.01. The van der Waals surface area contributed by atoms with Gasteiger partial charge in [-0.3, -0.25) is 9.69 Å². The van der Waals surface area contributed by atoms with Gasteiger partial charge in [0, 0.05) is 19.0 Å². The highest BCUT2D eigenvalue weighted by molar-refractivity contribution is 5.92. The smallest absolute Gasteiger partial charge is 0.225 e. The molecule has 0 spiro atoms. The lowest BCUT2D eigenvalue weighted by Crippen LogP contribution is -2.27. The maximum absolute atomic E-state index is 12.6. The highest BCUT2D eigenvalue weighted by Gasteiger charge is 2.17. The minimum atomic E-state index is 0.00627. The van der Waals surface area contributed by atoms with Crippen LogP contribution in [0.25, 0.3) is 5.69 Å². The molecular formula is C24H30N4O. The average molecular weight is 391 g/mol. The van der Waals surface area contributed by atoms with Crippen molar-refractivity contribution < 1.29 is 4.79 Å². The van der Waals surface area contributed by atoms with E-state index >= 15 is 0 Å². The molecular weight excluding hydrogens is 360 g/mol. The Kier molecular flexibility index (Phi) is 6.49. The summed E-state index contributed by atoms with van der Waals surface area (Å²) in [5.74, 6) is 0.00627. The molecule has 1 unspecified atom stereocenters. The highest BCUT2D eigenvalue weighted by Crippen LogP contribution is 2.23. The van der Waals surface area contributed by atoms with Crippen molar-refractivity contribution in [3.05, 3.63) is 77.1 Å². The number of carbonyl (C=O) groups excluding carboxylic acids is 1. The molecule has 0 saturated heterocycles. The number of nitrogens with one attached hydrogen (secondary N) is 1. The molecule has 0 saturated carbocycles. The van der Waals surface area contributed by atoms with Crippen molar-refractivity contribution >= 4 is 11.6 Å². The molecule has 0 fully saturated rings. The van der Waals surface area contributed by atoms with Crippen LogP contribution in [0.4, 0.5) is 5.69 Å². The van der Waals surface area contributed by atoms with Crippen LogP contribution in [0.3, 0.4) is 0 Å². The first kappa shape index (κ1) is 20.8. The predicted octanol–water partition coefficient (Wildman–Crippen LogP) is 4.82. The number of carbonyl (C=O) groups is 1. The van der Waals surface area contributed by atoms with E-state index in [0.29, 0.717) is 13.0 Å². The number of rotatable bonds is 7. The Morgan fingerprint density at radius 1 is 1.07 bits per heavy atom. The van der Waals surface area contributed by atoms with Crippen molar-refractivity contribution in [2.24, 2.45) is 0 Å². The Bertz CT molecular complexity index is 961. The van der Waals surface area contributed by atoms with Gasteiger partial charge >= 0.3 is 0 Å². The standard InChI is InChI=1S/C24H30N4O/c1-17-11-13-21(14-12-17)19(3)27(5)16-15-23(29)25-24-18(2)26-28(20(24)4)22-9-7-6-8-10-22/h6-14,19H,15-16H2,1-5H3,(H,25,29). The van der Waals surface area contributed by atoms with Gasteiger partial charge < -0.3 is 5.32 Å². The predicted molar refractivity (Wildman–Crippen MR) is 119 cm³/mol. The van der Waals surface area contributed by atoms with Crippen LogP contribution >= 0.6 is 0 Å². The largest absolute Gasteiger partial charge is 0.323 e. The molecule has 29 heavy (non-hydrogen) atoms. The van der Waals surface area contributed by atoms with Crippen LogP contribution in [0.2, 0.25) is 0 Å². The molecule has 152 valence electrons. The SMILES string of the molecule is Cc1ccc(C(C)N(C)CCC(=O)Nc2c(C)nn(-c3ccccc3)c2C)cc1. The molecule has 1 amide bonds. The molecule has 0 aliphatic rings. The second kappa shape index (κ2) is 9.05. The normalized spacial score (nSPS) is 12.2. The molecule has 0 aliphatic carbocycles. The van der Waals surface area contributed by atoms with Gasteiger partial charge in [-0.25, -0.2) is 4.68 Å². The van der Waals surface area contributed by atoms with Crippen molar-refractivity contribution in [1.82, 2.24) is 14.7 Å². The molecule has 5 heteroatoms. The second-order valence-electron chi connectivity index (χ2n) is 7.66. The van der Waals surface area contributed by atoms with Gasteiger partial charge in [-0.15, -0.1) is 0 Å². The topological polar surface area (TPSA) is 50.2 Å². The van der Waals surface area contributed by atoms with E-state index in [-0.39, 0.29) is 11.9 Å². The Hall–Kier alpha value is -2.92. The van der Waals surface area contributed by atoms with Gasteiger partial charge in [-0.05, 0) is 52.4 Å². The van der Waals surface area contributed by atoms with E-state index in [1.54, 1.807) is 0 Å². The molecule has 0 aliphatic heterocycles. The first-order valence-electron chi connectivity index (χ1n) is 10.0. The van der Waals surface area contributed by atoms with E-state index in [0.717, 1.165) is 22.8 Å². The summed E-state index contributed by atoms with van der Waals surface area (Å²) in [7, 11) is 2.06. The zero-order valence-corrected chi connectivity index (χ0v) is 17.9. The second-order valence-corrected chi connectivity index (χ2v) is 7.66. The van der Waals surface area contributed by atoms with E-state index in [4.69, 9.17) is 0 Å². The van der Waals surface area contributed by atoms with E-state index in [1.807, 2.05) is 48.9 Å². The van der Waals surface area contributed by atoms with Crippen molar-refractivity contribution in [3.63, 3.8) is 0 Å². The lowest BCUT2D eigenvalue weighted by atomic mass is 10.1. The third-order valence-electron chi connectivity index (χ3n) is 5.47. The lowest BCUT2D eigenvalue weighted by molar-refractivity contribution is -0.116. The van der Waals surface area contributed by atoms with Crippen LogP contribution < -0.4 is 5.32 Å². The summed E-state index contributed by atoms with van der Waals surface area (Å²) >= 11 is 0. The van der Waals surface area contributed by atoms with Crippen LogP contribution in [-0.2, 0) is 4.79 Å². The quantitative estimate of drug-likeness (QED) is 0.629. The van der Waals surface area contributed by atoms with Crippen LogP contribution in [0.1, 0.15) is 41.9 Å². The Morgan fingerprint density at radius 3 is 2.38 bits per heavy atom. The minimum absolute atomic E-state index is 0.00627. The third-order valence-corrected chi connectivity index (χ3v) is 5.47. The van der Waals surface area contributed by atoms with E-state index in [9.17, 15) is 4.79 Å². The van der Waals surface area contributed by atoms with Crippen LogP contribution in [0.5, 0.6) is 0 Å². The van der Waals surface area contributed by atoms with Crippen molar-refractivity contribution in [3.8, 4) is 5.69 Å². The highest BCUT2D eigenvalue weighted by atomic mass is 16.1. The Balaban J connectivity index is 1.61. The fourth-order valence-electron chi connectivity index (χ4n) is 3.42. The maximum atomic E-state index is 12.6. The maximum Gasteiger partial charge on any atom is 0.225 e. The van der Waals surface area contributed by atoms with E-state index < -0.39 is 0 Å². The number of hydrogen-bond donors (Lipinski definition) is 1. The molecule has 3 aromatic rings. The third kappa shape index (κ3) is 4.93. The van der Waals surface area contributed by atoms with E-state index in [2.05, 4.69) is 60.5 Å². The molecule has 3 rings (SSSR count). The first-order valence-corrected chi connectivity index (χ1v) is 10.0. The molecule has 1 N–H and O–H groups in total. The van der Waals surface area contributed by atoms with Gasteiger partial charge in [0.2, 0.25) is 5.91 Å². The summed E-state index contributed by atoms with van der Waals surface area (Å²) in [5.41, 5.74) is 6.05. The van der Waals surface area contributed by atoms with Gasteiger partial charge in [-0.2, -0.15) is 5.10 Å². The number of aromatic nitrogens is 2. The van der Waals surface area contributed by atoms with Gasteiger partial charge in [0.1, 0.15) is 0 Å². The number of benzene rings is 2. The summed E-state index contributed by atoms with van der Waals surface area (Å²) < 4.78 is 1.87. The number of anilines is 1. The van der Waals surface area contributed by atoms with Crippen molar-refractivity contribution in [1.29, 1.82) is 0 Å². The first-order chi connectivity index (χ1) is 13.9. The minimum Gasteiger partial charge on any atom is -0.323 e. The fraction of sp³-hybridized carbons (Fsp3) is 0.333. The molecule has 1 heterocycles. The number of nitrogens with zero attached hydrogens (tertiary/aromatic N) is 3. The molecule has 0 bridgehead atoms. The monoisotopic (exact) mass is 390 g/mol. The van der Waals surface area contributed by atoms with E-state index in [1.165, 1.54) is 11.1 Å². The summed E-state index contributed by atoms with van der Waals surface area (Å²) in [5, 5.41) is 7.66. The number of hydrogen-bond acceptors (Lipinski definition) is 3. The zero-order valence-electron chi connectivity index (χ0n) is 17.9. The van der Waals surface area contributed by atoms with Gasteiger partial charge in [-0.1, -0.05) is 48.0 Å². The van der Waals surface area contributed by atoms with Crippen LogP contribution in [-0.4, -0.2) is 34.2 Å². The Labute approximate surface area is 173 Å². The summed E-state index contributed by atoms with van der Waals surface area (Å²) in [6.07, 6.45) is 0.433. The summed E-state index contributed by atoms with van der Waals surface area (Å²) in [4.78, 5) is 14.8. The molecule has 2 aromatic carbocycles. The molecule has 0 radical (unpaired) electrons. The molecule has 5 nitrogen and oxygen atoms in total. The van der Waals surface area contributed by atoms with Crippen molar-refractivity contribution in [2.45, 2.75) is 40.2 Å². The molecule has 1 atom stereocenters. The van der Waals surface area contributed by atoms with Gasteiger partial charge in [0.05, 0.1) is 22.8 Å². The number of aryl methyl sites for hydroxylation is 2. The Morgan fingerprint density at radius 2 is 1.72 bits per heavy atom. The van der Waals surface area contributed by atoms with Crippen LogP contribution in [0.15, 0.2) is 54.6 Å². The summed E-state index contributed by atoms with van der Waals surface area (Å²) in [6.45, 7) is 8.85. The summed E-state index contributed by atoms with van der Waals surface area (Å²) in [6, 6.07) is 18.8. The lowest BCUT2D eigenvalue weighted by Gasteiger charge is -2.25. The van der Waals surface area contributed by atoms with Gasteiger partial charge in [0.15, 0.2) is 0 Å². The van der Waals surface area contributed by atoms with Crippen molar-refractivity contribution in [2.75, 3.05) is 18.9 Å². The number of amides is 1. The number of para-hydroxylation sites is 1. The fourth-order valence-corrected chi connectivity index (χ4v) is 3.42. The zero-order chi connectivity index (χ0) is 21.0.